The van der Waals surface area contributed by atoms with Gasteiger partial charge in [0.15, 0.2) is 0 Å². The third-order valence-electron chi connectivity index (χ3n) is 2.47. The standard InChI is InChI=1S/C13H10FIN2O2/c14-9-6-8(2-4-11(9)16)17-13(19)7-1-3-10(15)12(18)5-7/h1-6,18H,16H2,(H,17,19). The number of nitrogens with two attached hydrogens (primary N) is 1. The molecule has 0 atom stereocenters. The molecule has 0 spiro atoms. The van der Waals surface area contributed by atoms with Crippen molar-refractivity contribution in [2.75, 3.05) is 11.1 Å². The van der Waals surface area contributed by atoms with Crippen molar-refractivity contribution in [1.29, 1.82) is 0 Å². The molecule has 6 heteroatoms. The van der Waals surface area contributed by atoms with E-state index in [0.29, 0.717) is 9.26 Å². The van der Waals surface area contributed by atoms with Crippen LogP contribution in [-0.4, -0.2) is 11.0 Å². The summed E-state index contributed by atoms with van der Waals surface area (Å²) in [6.07, 6.45) is 0. The Morgan fingerprint density at radius 3 is 2.63 bits per heavy atom. The van der Waals surface area contributed by atoms with E-state index in [-0.39, 0.29) is 17.0 Å². The normalized spacial score (nSPS) is 10.2. The number of phenolic OH excluding ortho intramolecular Hbond substituents is 1. The summed E-state index contributed by atoms with van der Waals surface area (Å²) in [6, 6.07) is 8.56. The highest BCUT2D eigenvalue weighted by Gasteiger charge is 2.09. The minimum Gasteiger partial charge on any atom is -0.507 e. The first-order chi connectivity index (χ1) is 8.97. The number of nitrogens with one attached hydrogen (secondary N) is 1. The summed E-state index contributed by atoms with van der Waals surface area (Å²) in [5.41, 5.74) is 5.95. The fourth-order valence-corrected chi connectivity index (χ4v) is 1.80. The zero-order chi connectivity index (χ0) is 14.0. The van der Waals surface area contributed by atoms with Crippen molar-refractivity contribution in [3.05, 3.63) is 51.3 Å². The maximum Gasteiger partial charge on any atom is 0.255 e. The summed E-state index contributed by atoms with van der Waals surface area (Å²) in [7, 11) is 0. The maximum absolute atomic E-state index is 13.2. The Morgan fingerprint density at radius 2 is 2.00 bits per heavy atom. The SMILES string of the molecule is Nc1ccc(NC(=O)c2ccc(I)c(O)c2)cc1F. The average Bonchev–Trinajstić information content (AvgIpc) is 2.37. The number of carbonyl (C=O) groups is 1. The van der Waals surface area contributed by atoms with Gasteiger partial charge in [-0.3, -0.25) is 4.79 Å². The summed E-state index contributed by atoms with van der Waals surface area (Å²) >= 11 is 1.95. The third-order valence-corrected chi connectivity index (χ3v) is 3.38. The van der Waals surface area contributed by atoms with Crippen LogP contribution in [0.5, 0.6) is 5.75 Å². The molecule has 0 fully saturated rings. The molecule has 0 saturated heterocycles. The van der Waals surface area contributed by atoms with E-state index in [0.717, 1.165) is 6.07 Å². The van der Waals surface area contributed by atoms with Crippen LogP contribution in [0, 0.1) is 9.39 Å². The topological polar surface area (TPSA) is 75.3 Å². The summed E-state index contributed by atoms with van der Waals surface area (Å²) < 4.78 is 13.9. The second kappa shape index (κ2) is 5.43. The summed E-state index contributed by atoms with van der Waals surface area (Å²) in [5, 5.41) is 12.1. The van der Waals surface area contributed by atoms with Crippen molar-refractivity contribution in [1.82, 2.24) is 0 Å². The van der Waals surface area contributed by atoms with Gasteiger partial charge in [0.05, 0.1) is 9.26 Å². The fourth-order valence-electron chi connectivity index (χ4n) is 1.46. The summed E-state index contributed by atoms with van der Waals surface area (Å²) in [6.45, 7) is 0. The molecule has 2 rings (SSSR count). The van der Waals surface area contributed by atoms with Crippen LogP contribution >= 0.6 is 22.6 Å². The summed E-state index contributed by atoms with van der Waals surface area (Å²) in [4.78, 5) is 11.9. The molecular weight excluding hydrogens is 362 g/mol. The Morgan fingerprint density at radius 1 is 1.26 bits per heavy atom. The number of hydrogen-bond donors (Lipinski definition) is 3. The largest absolute Gasteiger partial charge is 0.507 e. The molecule has 0 aliphatic rings. The van der Waals surface area contributed by atoms with Crippen LogP contribution in [0.25, 0.3) is 0 Å². The quantitative estimate of drug-likeness (QED) is 0.561. The van der Waals surface area contributed by atoms with Crippen LogP contribution in [0.15, 0.2) is 36.4 Å². The van der Waals surface area contributed by atoms with Gasteiger partial charge >= 0.3 is 0 Å². The number of phenols is 1. The second-order valence-corrected chi connectivity index (χ2v) is 5.02. The van der Waals surface area contributed by atoms with Crippen molar-refractivity contribution in [2.45, 2.75) is 0 Å². The molecule has 19 heavy (non-hydrogen) atoms. The van der Waals surface area contributed by atoms with Gasteiger partial charge in [-0.05, 0) is 59.0 Å². The lowest BCUT2D eigenvalue weighted by molar-refractivity contribution is 0.102. The first kappa shape index (κ1) is 13.6. The zero-order valence-corrected chi connectivity index (χ0v) is 11.8. The van der Waals surface area contributed by atoms with Gasteiger partial charge in [0.1, 0.15) is 11.6 Å². The first-order valence-electron chi connectivity index (χ1n) is 5.32. The molecule has 98 valence electrons. The Labute approximate surface area is 122 Å². The van der Waals surface area contributed by atoms with E-state index in [1.807, 2.05) is 22.6 Å². The van der Waals surface area contributed by atoms with Crippen LogP contribution in [-0.2, 0) is 0 Å². The first-order valence-corrected chi connectivity index (χ1v) is 6.40. The van der Waals surface area contributed by atoms with Crippen LogP contribution in [0.3, 0.4) is 0 Å². The van der Waals surface area contributed by atoms with Gasteiger partial charge in [-0.25, -0.2) is 4.39 Å². The van der Waals surface area contributed by atoms with E-state index >= 15 is 0 Å². The Kier molecular flexibility index (Phi) is 3.89. The number of anilines is 2. The van der Waals surface area contributed by atoms with Gasteiger partial charge in [0.2, 0.25) is 0 Å². The van der Waals surface area contributed by atoms with Gasteiger partial charge in [-0.15, -0.1) is 0 Å². The highest BCUT2D eigenvalue weighted by atomic mass is 127. The Balaban J connectivity index is 2.20. The molecule has 0 radical (unpaired) electrons. The van der Waals surface area contributed by atoms with E-state index in [1.165, 1.54) is 18.2 Å². The number of carbonyl (C=O) groups excluding carboxylic acids is 1. The molecular formula is C13H10FIN2O2. The van der Waals surface area contributed by atoms with E-state index in [9.17, 15) is 14.3 Å². The maximum atomic E-state index is 13.2. The van der Waals surface area contributed by atoms with Crippen LogP contribution < -0.4 is 11.1 Å². The summed E-state index contributed by atoms with van der Waals surface area (Å²) in [5.74, 6) is -1.00. The predicted molar refractivity (Wildman–Crippen MR) is 79.6 cm³/mol. The minimum absolute atomic E-state index is 0.0184. The number of hydrogen-bond acceptors (Lipinski definition) is 3. The lowest BCUT2D eigenvalue weighted by Crippen LogP contribution is -2.12. The van der Waals surface area contributed by atoms with E-state index in [4.69, 9.17) is 5.73 Å². The zero-order valence-electron chi connectivity index (χ0n) is 9.65. The van der Waals surface area contributed by atoms with Gasteiger partial charge in [-0.1, -0.05) is 0 Å². The van der Waals surface area contributed by atoms with Crippen molar-refractivity contribution in [3.8, 4) is 5.75 Å². The second-order valence-electron chi connectivity index (χ2n) is 3.86. The van der Waals surface area contributed by atoms with Gasteiger partial charge < -0.3 is 16.2 Å². The predicted octanol–water partition coefficient (Wildman–Crippen LogP) is 2.97. The smallest absolute Gasteiger partial charge is 0.255 e. The van der Waals surface area contributed by atoms with Gasteiger partial charge in [-0.2, -0.15) is 0 Å². The number of amides is 1. The number of nitrogen functional groups attached to an aromatic ring is 1. The fraction of sp³-hybridized carbons (Fsp3) is 0. The number of halogens is 2. The van der Waals surface area contributed by atoms with Gasteiger partial charge in [0, 0.05) is 11.3 Å². The molecule has 0 saturated carbocycles. The Bertz CT molecular complexity index is 647. The van der Waals surface area contributed by atoms with Gasteiger partial charge in [0.25, 0.3) is 5.91 Å². The number of benzene rings is 2. The molecule has 0 aliphatic heterocycles. The number of rotatable bonds is 2. The monoisotopic (exact) mass is 372 g/mol. The van der Waals surface area contributed by atoms with Crippen LogP contribution in [0.4, 0.5) is 15.8 Å². The molecule has 0 heterocycles. The van der Waals surface area contributed by atoms with Crippen molar-refractivity contribution in [2.24, 2.45) is 0 Å². The number of aromatic hydroxyl groups is 1. The lowest BCUT2D eigenvalue weighted by atomic mass is 10.2. The molecule has 4 N–H and O–H groups in total. The average molecular weight is 372 g/mol. The molecule has 2 aromatic rings. The van der Waals surface area contributed by atoms with Crippen LogP contribution in [0.1, 0.15) is 10.4 Å². The Hall–Kier alpha value is -1.83. The molecule has 2 aromatic carbocycles. The molecule has 1 amide bonds. The van der Waals surface area contributed by atoms with Crippen LogP contribution in [0.2, 0.25) is 0 Å². The molecule has 0 aliphatic carbocycles. The van der Waals surface area contributed by atoms with Crippen molar-refractivity contribution >= 4 is 39.9 Å². The highest BCUT2D eigenvalue weighted by Crippen LogP contribution is 2.22. The molecule has 4 nitrogen and oxygen atoms in total. The van der Waals surface area contributed by atoms with E-state index in [1.54, 1.807) is 12.1 Å². The minimum atomic E-state index is -0.594. The van der Waals surface area contributed by atoms with E-state index < -0.39 is 11.7 Å². The molecule has 0 bridgehead atoms. The lowest BCUT2D eigenvalue weighted by Gasteiger charge is -2.07. The molecule has 0 aromatic heterocycles. The van der Waals surface area contributed by atoms with Crippen molar-refractivity contribution < 1.29 is 14.3 Å². The highest BCUT2D eigenvalue weighted by molar-refractivity contribution is 14.1. The third kappa shape index (κ3) is 3.14. The van der Waals surface area contributed by atoms with Crippen molar-refractivity contribution in [3.63, 3.8) is 0 Å². The van der Waals surface area contributed by atoms with E-state index in [2.05, 4.69) is 5.32 Å². The molecule has 0 unspecified atom stereocenters.